The van der Waals surface area contributed by atoms with Crippen molar-refractivity contribution in [3.63, 3.8) is 0 Å². The van der Waals surface area contributed by atoms with E-state index in [1.807, 2.05) is 4.90 Å². The zero-order valence-electron chi connectivity index (χ0n) is 16.7. The lowest BCUT2D eigenvalue weighted by Crippen LogP contribution is -2.60. The molecule has 1 N–H and O–H groups in total. The van der Waals surface area contributed by atoms with Gasteiger partial charge in [-0.2, -0.15) is 5.26 Å². The first-order valence-electron chi connectivity index (χ1n) is 10.9. The first-order chi connectivity index (χ1) is 13.5. The molecule has 0 unspecified atom stereocenters. The number of aliphatic hydroxyl groups excluding tert-OH is 1. The molecule has 4 saturated carbocycles. The van der Waals surface area contributed by atoms with Crippen LogP contribution in [-0.2, 0) is 11.2 Å². The normalized spacial score (nSPS) is 38.9. The monoisotopic (exact) mass is 378 g/mol. The van der Waals surface area contributed by atoms with Crippen molar-refractivity contribution in [3.8, 4) is 6.07 Å². The lowest BCUT2D eigenvalue weighted by molar-refractivity contribution is -0.177. The number of carbonyl (C=O) groups is 1. The molecule has 1 aliphatic heterocycles. The number of carbonyl (C=O) groups excluding carboxylic acids is 1. The number of aliphatic hydroxyl groups is 1. The third-order valence-electron chi connectivity index (χ3n) is 8.49. The number of nitriles is 1. The molecular weight excluding hydrogens is 348 g/mol. The summed E-state index contributed by atoms with van der Waals surface area (Å²) >= 11 is 0. The van der Waals surface area contributed by atoms with Gasteiger partial charge >= 0.3 is 0 Å². The van der Waals surface area contributed by atoms with Crippen molar-refractivity contribution in [1.29, 1.82) is 5.26 Å². The highest BCUT2D eigenvalue weighted by atomic mass is 16.3. The number of benzene rings is 1. The third-order valence-corrected chi connectivity index (χ3v) is 8.49. The van der Waals surface area contributed by atoms with Crippen LogP contribution in [0.25, 0.3) is 0 Å². The van der Waals surface area contributed by atoms with E-state index in [0.717, 1.165) is 32.1 Å². The van der Waals surface area contributed by atoms with E-state index in [9.17, 15) is 9.90 Å². The minimum absolute atomic E-state index is 0.0191. The predicted octanol–water partition coefficient (Wildman–Crippen LogP) is 3.32. The summed E-state index contributed by atoms with van der Waals surface area (Å²) in [5.74, 6) is 2.22. The van der Waals surface area contributed by atoms with Crippen molar-refractivity contribution in [2.24, 2.45) is 35.0 Å². The number of amides is 1. The molecule has 4 nitrogen and oxygen atoms in total. The molecular formula is C24H30N2O2. The summed E-state index contributed by atoms with van der Waals surface area (Å²) in [5.41, 5.74) is 2.63. The van der Waals surface area contributed by atoms with Crippen LogP contribution in [0, 0.1) is 53.3 Å². The fourth-order valence-corrected chi connectivity index (χ4v) is 6.94. The van der Waals surface area contributed by atoms with Crippen LogP contribution in [0.5, 0.6) is 0 Å². The second-order valence-corrected chi connectivity index (χ2v) is 10.0. The van der Waals surface area contributed by atoms with E-state index >= 15 is 0 Å². The van der Waals surface area contributed by atoms with Gasteiger partial charge in [0.1, 0.15) is 0 Å². The average Bonchev–Trinajstić information content (AvgIpc) is 2.61. The minimum Gasteiger partial charge on any atom is -0.393 e. The Balaban J connectivity index is 1.43. The van der Waals surface area contributed by atoms with Crippen LogP contribution >= 0.6 is 0 Å². The molecule has 1 aromatic carbocycles. The Hall–Kier alpha value is -1.86. The molecule has 5 fully saturated rings. The van der Waals surface area contributed by atoms with E-state index in [1.165, 1.54) is 11.1 Å². The van der Waals surface area contributed by atoms with Gasteiger partial charge in [0.2, 0.25) is 5.91 Å². The maximum absolute atomic E-state index is 13.2. The largest absolute Gasteiger partial charge is 0.393 e. The Morgan fingerprint density at radius 3 is 2.25 bits per heavy atom. The molecule has 1 amide bonds. The van der Waals surface area contributed by atoms with E-state index in [4.69, 9.17) is 5.26 Å². The molecule has 1 saturated heterocycles. The summed E-state index contributed by atoms with van der Waals surface area (Å²) in [6.07, 6.45) is 5.78. The van der Waals surface area contributed by atoms with Gasteiger partial charge in [-0.05, 0) is 73.7 Å². The molecule has 6 rings (SSSR count). The Kier molecular flexibility index (Phi) is 4.28. The summed E-state index contributed by atoms with van der Waals surface area (Å²) in [6, 6.07) is 11.1. The van der Waals surface area contributed by atoms with Crippen LogP contribution in [-0.4, -0.2) is 35.1 Å². The number of aryl methyl sites for hydroxylation is 1. The van der Waals surface area contributed by atoms with E-state index in [1.54, 1.807) is 0 Å². The van der Waals surface area contributed by atoms with Crippen molar-refractivity contribution in [2.75, 3.05) is 13.1 Å². The molecule has 1 aromatic rings. The Morgan fingerprint density at radius 1 is 1.14 bits per heavy atom. The lowest BCUT2D eigenvalue weighted by atomic mass is 9.42. The standard InChI is InChI=1S/C24H30N2O2/c1-15-2-4-16(5-3-15)10-24(11-22(27)26-13-17(12-25)14-26)20-6-18-7-21(24)9-19(8-20)23(18)28/h2-5,17-21,23,28H,6-11,13-14H2,1H3. The molecule has 0 radical (unpaired) electrons. The summed E-state index contributed by atoms with van der Waals surface area (Å²) in [6.45, 7) is 3.33. The Labute approximate surface area is 167 Å². The summed E-state index contributed by atoms with van der Waals surface area (Å²) in [4.78, 5) is 15.1. The van der Waals surface area contributed by atoms with Gasteiger partial charge in [0.15, 0.2) is 0 Å². The molecule has 28 heavy (non-hydrogen) atoms. The fraction of sp³-hybridized carbons (Fsp3) is 0.667. The van der Waals surface area contributed by atoms with Gasteiger partial charge in [0.25, 0.3) is 0 Å². The van der Waals surface area contributed by atoms with Crippen LogP contribution < -0.4 is 0 Å². The molecule has 4 bridgehead atoms. The molecule has 5 aliphatic rings. The van der Waals surface area contributed by atoms with Crippen molar-refractivity contribution in [1.82, 2.24) is 4.90 Å². The van der Waals surface area contributed by atoms with Crippen molar-refractivity contribution in [2.45, 2.75) is 51.6 Å². The zero-order chi connectivity index (χ0) is 19.5. The molecule has 0 aromatic heterocycles. The number of likely N-dealkylation sites (tertiary alicyclic amines) is 1. The van der Waals surface area contributed by atoms with Gasteiger partial charge in [-0.1, -0.05) is 29.8 Å². The first kappa shape index (κ1) is 18.2. The van der Waals surface area contributed by atoms with Crippen LogP contribution in [0.4, 0.5) is 0 Å². The summed E-state index contributed by atoms with van der Waals surface area (Å²) in [7, 11) is 0. The number of nitrogens with zero attached hydrogens (tertiary/aromatic N) is 2. The molecule has 4 heteroatoms. The maximum Gasteiger partial charge on any atom is 0.223 e. The lowest BCUT2D eigenvalue weighted by Gasteiger charge is -2.63. The van der Waals surface area contributed by atoms with Crippen molar-refractivity contribution in [3.05, 3.63) is 35.4 Å². The second kappa shape index (κ2) is 6.59. The zero-order valence-corrected chi connectivity index (χ0v) is 16.7. The van der Waals surface area contributed by atoms with E-state index < -0.39 is 0 Å². The molecule has 0 spiro atoms. The van der Waals surface area contributed by atoms with Gasteiger partial charge in [0.05, 0.1) is 18.1 Å². The average molecular weight is 379 g/mol. The van der Waals surface area contributed by atoms with Crippen LogP contribution in [0.2, 0.25) is 0 Å². The topological polar surface area (TPSA) is 64.3 Å². The highest BCUT2D eigenvalue weighted by Crippen LogP contribution is 2.64. The quantitative estimate of drug-likeness (QED) is 0.874. The maximum atomic E-state index is 13.2. The summed E-state index contributed by atoms with van der Waals surface area (Å²) in [5, 5.41) is 19.6. The first-order valence-corrected chi connectivity index (χ1v) is 10.9. The number of hydrogen-bond acceptors (Lipinski definition) is 3. The minimum atomic E-state index is -0.118. The Bertz CT molecular complexity index is 773. The molecule has 0 atom stereocenters. The SMILES string of the molecule is Cc1ccc(CC2(CC(=O)N3CC(C#N)C3)C3CC4CC2CC(C3)C4O)cc1. The van der Waals surface area contributed by atoms with E-state index in [2.05, 4.69) is 37.3 Å². The van der Waals surface area contributed by atoms with Gasteiger partial charge < -0.3 is 10.0 Å². The smallest absolute Gasteiger partial charge is 0.223 e. The van der Waals surface area contributed by atoms with Crippen molar-refractivity contribution < 1.29 is 9.90 Å². The van der Waals surface area contributed by atoms with E-state index in [-0.39, 0.29) is 23.3 Å². The van der Waals surface area contributed by atoms with Gasteiger partial charge in [-0.25, -0.2) is 0 Å². The highest BCUT2D eigenvalue weighted by Gasteiger charge is 2.60. The second-order valence-electron chi connectivity index (χ2n) is 10.0. The predicted molar refractivity (Wildman–Crippen MR) is 106 cm³/mol. The summed E-state index contributed by atoms with van der Waals surface area (Å²) < 4.78 is 0. The van der Waals surface area contributed by atoms with Crippen LogP contribution in [0.15, 0.2) is 24.3 Å². The van der Waals surface area contributed by atoms with Crippen molar-refractivity contribution >= 4 is 5.91 Å². The van der Waals surface area contributed by atoms with Crippen LogP contribution in [0.1, 0.15) is 43.2 Å². The van der Waals surface area contributed by atoms with Gasteiger partial charge in [0, 0.05) is 19.5 Å². The molecule has 148 valence electrons. The fourth-order valence-electron chi connectivity index (χ4n) is 6.94. The third kappa shape index (κ3) is 2.78. The van der Waals surface area contributed by atoms with Gasteiger partial charge in [-0.15, -0.1) is 0 Å². The molecule has 1 heterocycles. The van der Waals surface area contributed by atoms with Crippen LogP contribution in [0.3, 0.4) is 0 Å². The highest BCUT2D eigenvalue weighted by molar-refractivity contribution is 5.78. The van der Waals surface area contributed by atoms with E-state index in [0.29, 0.717) is 43.2 Å². The number of hydrogen-bond donors (Lipinski definition) is 1. The number of rotatable bonds is 4. The van der Waals surface area contributed by atoms with Gasteiger partial charge in [-0.3, -0.25) is 4.79 Å². The Morgan fingerprint density at radius 2 is 1.71 bits per heavy atom. The molecule has 4 aliphatic carbocycles.